The van der Waals surface area contributed by atoms with E-state index >= 15 is 0 Å². The van der Waals surface area contributed by atoms with Gasteiger partial charge in [-0.3, -0.25) is 0 Å². The van der Waals surface area contributed by atoms with Gasteiger partial charge in [0.25, 0.3) is 0 Å². The van der Waals surface area contributed by atoms with Crippen molar-refractivity contribution in [1.82, 2.24) is 5.32 Å². The first-order valence-corrected chi connectivity index (χ1v) is 3.91. The van der Waals surface area contributed by atoms with E-state index in [0.29, 0.717) is 12.1 Å². The summed E-state index contributed by atoms with van der Waals surface area (Å²) in [6, 6.07) is 0.492. The molecule has 0 aromatic carbocycles. The van der Waals surface area contributed by atoms with Crippen molar-refractivity contribution < 1.29 is 4.74 Å². The Morgan fingerprint density at radius 1 is 1.40 bits per heavy atom. The third-order valence-corrected chi connectivity index (χ3v) is 2.23. The quantitative estimate of drug-likeness (QED) is 0.549. The Hall–Kier alpha value is -0.0800. The molecule has 1 rings (SSSR count). The van der Waals surface area contributed by atoms with E-state index in [9.17, 15) is 0 Å². The van der Waals surface area contributed by atoms with E-state index in [1.165, 1.54) is 0 Å². The highest BCUT2D eigenvalue weighted by Gasteiger charge is 2.31. The van der Waals surface area contributed by atoms with E-state index in [4.69, 9.17) is 4.74 Å². The van der Waals surface area contributed by atoms with E-state index in [1.54, 1.807) is 0 Å². The van der Waals surface area contributed by atoms with Crippen molar-refractivity contribution in [1.29, 1.82) is 0 Å². The second kappa shape index (κ2) is 2.51. The number of rotatable bonds is 0. The molecule has 1 aliphatic heterocycles. The van der Waals surface area contributed by atoms with E-state index < -0.39 is 0 Å². The SMILES string of the molecule is CC1COC(C)C(C)(C)N1. The molecule has 1 heterocycles. The molecule has 0 bridgehead atoms. The van der Waals surface area contributed by atoms with Crippen LogP contribution in [0.3, 0.4) is 0 Å². The lowest BCUT2D eigenvalue weighted by atomic mass is 9.95. The first kappa shape index (κ1) is 8.02. The molecule has 1 saturated heterocycles. The Morgan fingerprint density at radius 3 is 2.40 bits per heavy atom. The third-order valence-electron chi connectivity index (χ3n) is 2.23. The predicted octanol–water partition coefficient (Wildman–Crippen LogP) is 1.16. The molecule has 2 heteroatoms. The molecule has 2 nitrogen and oxygen atoms in total. The van der Waals surface area contributed by atoms with Crippen LogP contribution >= 0.6 is 0 Å². The summed E-state index contributed by atoms with van der Waals surface area (Å²) >= 11 is 0. The maximum atomic E-state index is 5.54. The molecule has 0 amide bonds. The summed E-state index contributed by atoms with van der Waals surface area (Å²) in [6.45, 7) is 9.44. The summed E-state index contributed by atoms with van der Waals surface area (Å²) in [5, 5.41) is 3.48. The van der Waals surface area contributed by atoms with Crippen LogP contribution in [-0.2, 0) is 4.74 Å². The minimum absolute atomic E-state index is 0.137. The lowest BCUT2D eigenvalue weighted by molar-refractivity contribution is -0.0451. The zero-order valence-electron chi connectivity index (χ0n) is 7.27. The number of nitrogens with one attached hydrogen (secondary N) is 1. The van der Waals surface area contributed by atoms with Gasteiger partial charge in [0.1, 0.15) is 0 Å². The Labute approximate surface area is 63.0 Å². The summed E-state index contributed by atoms with van der Waals surface area (Å²) in [5.41, 5.74) is 0.137. The van der Waals surface area contributed by atoms with Crippen LogP contribution in [0, 0.1) is 0 Å². The zero-order chi connectivity index (χ0) is 7.78. The molecule has 0 spiro atoms. The molecule has 2 unspecified atom stereocenters. The lowest BCUT2D eigenvalue weighted by Gasteiger charge is -2.40. The van der Waals surface area contributed by atoms with E-state index in [-0.39, 0.29) is 5.54 Å². The topological polar surface area (TPSA) is 21.3 Å². The lowest BCUT2D eigenvalue weighted by Crippen LogP contribution is -2.58. The van der Waals surface area contributed by atoms with Crippen molar-refractivity contribution in [3.8, 4) is 0 Å². The molecule has 0 saturated carbocycles. The first-order chi connectivity index (χ1) is 4.52. The predicted molar refractivity (Wildman–Crippen MR) is 42.1 cm³/mol. The average Bonchev–Trinajstić information content (AvgIpc) is 1.78. The maximum absolute atomic E-state index is 5.54. The van der Waals surface area contributed by atoms with Gasteiger partial charge in [-0.2, -0.15) is 0 Å². The Morgan fingerprint density at radius 2 is 2.00 bits per heavy atom. The van der Waals surface area contributed by atoms with Crippen LogP contribution in [-0.4, -0.2) is 24.3 Å². The highest BCUT2D eigenvalue weighted by atomic mass is 16.5. The smallest absolute Gasteiger partial charge is 0.0723 e. The number of hydrogen-bond donors (Lipinski definition) is 1. The van der Waals surface area contributed by atoms with Crippen LogP contribution in [0.5, 0.6) is 0 Å². The second-order valence-corrected chi connectivity index (χ2v) is 3.74. The second-order valence-electron chi connectivity index (χ2n) is 3.74. The van der Waals surface area contributed by atoms with Gasteiger partial charge in [0.15, 0.2) is 0 Å². The van der Waals surface area contributed by atoms with Crippen LogP contribution < -0.4 is 5.32 Å². The molecular weight excluding hydrogens is 126 g/mol. The van der Waals surface area contributed by atoms with Gasteiger partial charge in [-0.25, -0.2) is 0 Å². The fourth-order valence-corrected chi connectivity index (χ4v) is 1.29. The Kier molecular flexibility index (Phi) is 2.02. The first-order valence-electron chi connectivity index (χ1n) is 3.91. The van der Waals surface area contributed by atoms with Gasteiger partial charge >= 0.3 is 0 Å². The van der Waals surface area contributed by atoms with Crippen molar-refractivity contribution in [3.05, 3.63) is 0 Å². The maximum Gasteiger partial charge on any atom is 0.0723 e. The monoisotopic (exact) mass is 143 g/mol. The van der Waals surface area contributed by atoms with E-state index in [0.717, 1.165) is 6.61 Å². The number of hydrogen-bond acceptors (Lipinski definition) is 2. The van der Waals surface area contributed by atoms with Crippen molar-refractivity contribution in [2.75, 3.05) is 6.61 Å². The molecule has 0 aliphatic carbocycles. The Bertz CT molecular complexity index is 122. The fraction of sp³-hybridized carbons (Fsp3) is 1.00. The van der Waals surface area contributed by atoms with Crippen molar-refractivity contribution in [2.45, 2.75) is 45.4 Å². The van der Waals surface area contributed by atoms with Crippen LogP contribution in [0.2, 0.25) is 0 Å². The highest BCUT2D eigenvalue weighted by molar-refractivity contribution is 4.90. The molecule has 60 valence electrons. The summed E-state index contributed by atoms with van der Waals surface area (Å²) in [6.07, 6.45) is 0.323. The molecule has 1 fully saturated rings. The summed E-state index contributed by atoms with van der Waals surface area (Å²) < 4.78 is 5.54. The molecule has 2 atom stereocenters. The Balaban J connectivity index is 2.55. The summed E-state index contributed by atoms with van der Waals surface area (Å²) in [7, 11) is 0. The number of ether oxygens (including phenoxy) is 1. The van der Waals surface area contributed by atoms with Gasteiger partial charge in [-0.1, -0.05) is 0 Å². The van der Waals surface area contributed by atoms with Gasteiger partial charge < -0.3 is 10.1 Å². The molecule has 0 radical (unpaired) electrons. The molecule has 0 aromatic rings. The molecule has 0 aromatic heterocycles. The minimum atomic E-state index is 0.137. The van der Waals surface area contributed by atoms with Gasteiger partial charge in [-0.05, 0) is 27.7 Å². The van der Waals surface area contributed by atoms with Crippen LogP contribution in [0.1, 0.15) is 27.7 Å². The zero-order valence-corrected chi connectivity index (χ0v) is 7.27. The largest absolute Gasteiger partial charge is 0.375 e. The fourth-order valence-electron chi connectivity index (χ4n) is 1.29. The molecule has 10 heavy (non-hydrogen) atoms. The third kappa shape index (κ3) is 1.50. The molecular formula is C8H17NO. The van der Waals surface area contributed by atoms with Crippen LogP contribution in [0.15, 0.2) is 0 Å². The van der Waals surface area contributed by atoms with Crippen molar-refractivity contribution in [2.24, 2.45) is 0 Å². The summed E-state index contributed by atoms with van der Waals surface area (Å²) in [5.74, 6) is 0. The summed E-state index contributed by atoms with van der Waals surface area (Å²) in [4.78, 5) is 0. The van der Waals surface area contributed by atoms with Crippen LogP contribution in [0.25, 0.3) is 0 Å². The van der Waals surface area contributed by atoms with Gasteiger partial charge in [0.05, 0.1) is 12.7 Å². The number of morpholine rings is 1. The highest BCUT2D eigenvalue weighted by Crippen LogP contribution is 2.17. The van der Waals surface area contributed by atoms with Crippen molar-refractivity contribution in [3.63, 3.8) is 0 Å². The average molecular weight is 143 g/mol. The van der Waals surface area contributed by atoms with Crippen molar-refractivity contribution >= 4 is 0 Å². The van der Waals surface area contributed by atoms with E-state index in [1.807, 2.05) is 0 Å². The standard InChI is InChI=1S/C8H17NO/c1-6-5-10-7(2)8(3,4)9-6/h6-7,9H,5H2,1-4H3. The normalized spacial score (nSPS) is 39.6. The van der Waals surface area contributed by atoms with Gasteiger partial charge in [-0.15, -0.1) is 0 Å². The minimum Gasteiger partial charge on any atom is -0.375 e. The van der Waals surface area contributed by atoms with E-state index in [2.05, 4.69) is 33.0 Å². The molecule has 1 N–H and O–H groups in total. The molecule has 1 aliphatic rings. The van der Waals surface area contributed by atoms with Gasteiger partial charge in [0.2, 0.25) is 0 Å². The van der Waals surface area contributed by atoms with Gasteiger partial charge in [0, 0.05) is 11.6 Å². The van der Waals surface area contributed by atoms with Crippen LogP contribution in [0.4, 0.5) is 0 Å².